The molecule has 17 heavy (non-hydrogen) atoms. The number of aromatic nitrogens is 2. The van der Waals surface area contributed by atoms with Gasteiger partial charge in [0.1, 0.15) is 5.82 Å². The number of esters is 1. The van der Waals surface area contributed by atoms with Gasteiger partial charge in [-0.3, -0.25) is 0 Å². The Morgan fingerprint density at radius 2 is 2.06 bits per heavy atom. The zero-order chi connectivity index (χ0) is 13.2. The summed E-state index contributed by atoms with van der Waals surface area (Å²) in [6, 6.07) is 0. The fourth-order valence-electron chi connectivity index (χ4n) is 1.84. The number of hydrogen-bond acceptors (Lipinski definition) is 4. The van der Waals surface area contributed by atoms with Gasteiger partial charge in [0, 0.05) is 12.1 Å². The van der Waals surface area contributed by atoms with Crippen LogP contribution in [0.1, 0.15) is 50.2 Å². The first-order chi connectivity index (χ1) is 7.82. The number of rotatable bonds is 3. The van der Waals surface area contributed by atoms with Crippen LogP contribution in [0.15, 0.2) is 0 Å². The highest BCUT2D eigenvalue weighted by Crippen LogP contribution is 2.31. The molecule has 1 aromatic heterocycles. The molecule has 5 heteroatoms. The smallest absolute Gasteiger partial charge is 0.358 e. The van der Waals surface area contributed by atoms with E-state index in [2.05, 4.69) is 5.10 Å². The second-order valence-corrected chi connectivity index (χ2v) is 5.07. The second-order valence-electron chi connectivity index (χ2n) is 5.07. The molecule has 96 valence electrons. The molecule has 0 atom stereocenters. The molecule has 5 nitrogen and oxygen atoms in total. The van der Waals surface area contributed by atoms with Gasteiger partial charge in [-0.2, -0.15) is 5.10 Å². The molecule has 0 radical (unpaired) electrons. The fraction of sp³-hybridized carbons (Fsp3) is 0.667. The minimum Gasteiger partial charge on any atom is -0.464 e. The standard InChI is InChI=1S/C12H21N3O2/c1-6-7-15-10(13)8(12(2,3)4)9(14-15)11(16)17-5/h6-7,13H2,1-5H3. The molecule has 0 bridgehead atoms. The Morgan fingerprint density at radius 1 is 1.47 bits per heavy atom. The molecule has 0 saturated heterocycles. The van der Waals surface area contributed by atoms with Gasteiger partial charge >= 0.3 is 5.97 Å². The quantitative estimate of drug-likeness (QED) is 0.818. The minimum absolute atomic E-state index is 0.237. The lowest BCUT2D eigenvalue weighted by Gasteiger charge is -2.19. The van der Waals surface area contributed by atoms with Crippen molar-refractivity contribution >= 4 is 11.8 Å². The van der Waals surface area contributed by atoms with Crippen LogP contribution < -0.4 is 5.73 Å². The number of carbonyl (C=O) groups is 1. The Hall–Kier alpha value is -1.52. The summed E-state index contributed by atoms with van der Waals surface area (Å²) in [5, 5.41) is 4.25. The van der Waals surface area contributed by atoms with Crippen LogP contribution in [0.4, 0.5) is 5.82 Å². The van der Waals surface area contributed by atoms with E-state index in [1.165, 1.54) is 7.11 Å². The maximum atomic E-state index is 11.7. The van der Waals surface area contributed by atoms with E-state index < -0.39 is 5.97 Å². The first-order valence-corrected chi connectivity index (χ1v) is 5.78. The predicted octanol–water partition coefficient (Wildman–Crippen LogP) is 1.96. The normalized spacial score (nSPS) is 11.6. The number of hydrogen-bond donors (Lipinski definition) is 1. The first kappa shape index (κ1) is 13.5. The first-order valence-electron chi connectivity index (χ1n) is 5.78. The fourth-order valence-corrected chi connectivity index (χ4v) is 1.84. The number of nitrogens with zero attached hydrogens (tertiary/aromatic N) is 2. The number of carbonyl (C=O) groups excluding carboxylic acids is 1. The summed E-state index contributed by atoms with van der Waals surface area (Å²) >= 11 is 0. The molecule has 1 rings (SSSR count). The third-order valence-electron chi connectivity index (χ3n) is 2.56. The average molecular weight is 239 g/mol. The Balaban J connectivity index is 3.37. The zero-order valence-corrected chi connectivity index (χ0v) is 11.2. The molecule has 0 saturated carbocycles. The van der Waals surface area contributed by atoms with Gasteiger partial charge in [-0.15, -0.1) is 0 Å². The molecule has 2 N–H and O–H groups in total. The van der Waals surface area contributed by atoms with E-state index >= 15 is 0 Å². The average Bonchev–Trinajstić information content (AvgIpc) is 2.55. The number of nitrogen functional groups attached to an aromatic ring is 1. The van der Waals surface area contributed by atoms with Crippen molar-refractivity contribution in [1.29, 1.82) is 0 Å². The lowest BCUT2D eigenvalue weighted by atomic mass is 9.86. The summed E-state index contributed by atoms with van der Waals surface area (Å²) < 4.78 is 6.42. The topological polar surface area (TPSA) is 70.1 Å². The molecule has 0 spiro atoms. The summed E-state index contributed by atoms with van der Waals surface area (Å²) in [4.78, 5) is 11.7. The van der Waals surface area contributed by atoms with Gasteiger partial charge < -0.3 is 10.5 Å². The molecule has 0 unspecified atom stereocenters. The molecule has 1 heterocycles. The van der Waals surface area contributed by atoms with Crippen LogP contribution in [-0.2, 0) is 16.7 Å². The lowest BCUT2D eigenvalue weighted by molar-refractivity contribution is 0.0590. The molecular formula is C12H21N3O2. The maximum Gasteiger partial charge on any atom is 0.358 e. The summed E-state index contributed by atoms with van der Waals surface area (Å²) in [6.07, 6.45) is 0.913. The van der Waals surface area contributed by atoms with E-state index in [0.717, 1.165) is 12.0 Å². The van der Waals surface area contributed by atoms with Crippen molar-refractivity contribution < 1.29 is 9.53 Å². The Kier molecular flexibility index (Phi) is 3.80. The highest BCUT2D eigenvalue weighted by atomic mass is 16.5. The van der Waals surface area contributed by atoms with Crippen LogP contribution in [0, 0.1) is 0 Å². The number of methoxy groups -OCH3 is 1. The largest absolute Gasteiger partial charge is 0.464 e. The van der Waals surface area contributed by atoms with E-state index in [0.29, 0.717) is 18.1 Å². The molecule has 0 aliphatic carbocycles. The monoisotopic (exact) mass is 239 g/mol. The van der Waals surface area contributed by atoms with Crippen molar-refractivity contribution in [2.75, 3.05) is 12.8 Å². The zero-order valence-electron chi connectivity index (χ0n) is 11.2. The number of anilines is 1. The molecular weight excluding hydrogens is 218 g/mol. The Labute approximate surface area is 102 Å². The number of nitrogens with two attached hydrogens (primary N) is 1. The number of aryl methyl sites for hydroxylation is 1. The van der Waals surface area contributed by atoms with E-state index in [-0.39, 0.29) is 5.41 Å². The summed E-state index contributed by atoms with van der Waals surface area (Å²) in [7, 11) is 1.35. The molecule has 0 aliphatic heterocycles. The molecule has 0 amide bonds. The van der Waals surface area contributed by atoms with E-state index in [1.807, 2.05) is 27.7 Å². The molecule has 0 aromatic carbocycles. The lowest BCUT2D eigenvalue weighted by Crippen LogP contribution is -2.18. The van der Waals surface area contributed by atoms with Crippen LogP contribution >= 0.6 is 0 Å². The van der Waals surface area contributed by atoms with Crippen molar-refractivity contribution in [3.05, 3.63) is 11.3 Å². The van der Waals surface area contributed by atoms with Crippen LogP contribution in [0.3, 0.4) is 0 Å². The van der Waals surface area contributed by atoms with Crippen LogP contribution in [0.25, 0.3) is 0 Å². The third-order valence-corrected chi connectivity index (χ3v) is 2.56. The Bertz CT molecular complexity index is 416. The van der Waals surface area contributed by atoms with Crippen molar-refractivity contribution in [3.63, 3.8) is 0 Å². The van der Waals surface area contributed by atoms with Crippen molar-refractivity contribution in [3.8, 4) is 0 Å². The van der Waals surface area contributed by atoms with Crippen LogP contribution in [0.5, 0.6) is 0 Å². The van der Waals surface area contributed by atoms with E-state index in [4.69, 9.17) is 10.5 Å². The van der Waals surface area contributed by atoms with Crippen molar-refractivity contribution in [1.82, 2.24) is 9.78 Å². The summed E-state index contributed by atoms with van der Waals surface area (Å²) in [6.45, 7) is 8.75. The van der Waals surface area contributed by atoms with Gasteiger partial charge in [-0.1, -0.05) is 27.7 Å². The summed E-state index contributed by atoms with van der Waals surface area (Å²) in [5.41, 5.74) is 6.91. The van der Waals surface area contributed by atoms with Crippen molar-refractivity contribution in [2.45, 2.75) is 46.1 Å². The van der Waals surface area contributed by atoms with Gasteiger partial charge in [-0.05, 0) is 11.8 Å². The van der Waals surface area contributed by atoms with Gasteiger partial charge in [0.25, 0.3) is 0 Å². The van der Waals surface area contributed by atoms with E-state index in [9.17, 15) is 4.79 Å². The second kappa shape index (κ2) is 4.77. The molecule has 1 aromatic rings. The van der Waals surface area contributed by atoms with Gasteiger partial charge in [0.2, 0.25) is 0 Å². The number of ether oxygens (including phenoxy) is 1. The van der Waals surface area contributed by atoms with Gasteiger partial charge in [0.05, 0.1) is 7.11 Å². The Morgan fingerprint density at radius 3 is 2.47 bits per heavy atom. The third kappa shape index (κ3) is 2.60. The van der Waals surface area contributed by atoms with Crippen molar-refractivity contribution in [2.24, 2.45) is 0 Å². The summed E-state index contributed by atoms with van der Waals surface area (Å²) in [5.74, 6) is 0.122. The van der Waals surface area contributed by atoms with Crippen LogP contribution in [0.2, 0.25) is 0 Å². The maximum absolute atomic E-state index is 11.7. The van der Waals surface area contributed by atoms with E-state index in [1.54, 1.807) is 4.68 Å². The predicted molar refractivity (Wildman–Crippen MR) is 67.0 cm³/mol. The molecule has 0 fully saturated rings. The minimum atomic E-state index is -0.434. The highest BCUT2D eigenvalue weighted by Gasteiger charge is 2.30. The van der Waals surface area contributed by atoms with Crippen LogP contribution in [-0.4, -0.2) is 22.9 Å². The molecule has 0 aliphatic rings. The van der Waals surface area contributed by atoms with Gasteiger partial charge in [0.15, 0.2) is 5.69 Å². The SMILES string of the molecule is CCCn1nc(C(=O)OC)c(C(C)(C)C)c1N. The van der Waals surface area contributed by atoms with Gasteiger partial charge in [-0.25, -0.2) is 9.48 Å². The highest BCUT2D eigenvalue weighted by molar-refractivity contribution is 5.90.